The zero-order chi connectivity index (χ0) is 18.2. The average molecular weight is 424 g/mol. The zero-order valence-electron chi connectivity index (χ0n) is 16.1. The maximum Gasteiger partial charge on any atom is 0.237 e. The van der Waals surface area contributed by atoms with E-state index in [4.69, 9.17) is 5.73 Å². The van der Waals surface area contributed by atoms with E-state index >= 15 is 0 Å². The van der Waals surface area contributed by atoms with Gasteiger partial charge in [0.1, 0.15) is 0 Å². The van der Waals surface area contributed by atoms with Crippen molar-refractivity contribution in [1.82, 2.24) is 10.6 Å². The molecule has 3 rings (SSSR count). The van der Waals surface area contributed by atoms with Gasteiger partial charge in [-0.15, -0.1) is 24.8 Å². The molecule has 0 saturated heterocycles. The average Bonchev–Trinajstić information content (AvgIpc) is 3.47. The van der Waals surface area contributed by atoms with Crippen molar-refractivity contribution in [2.24, 2.45) is 5.73 Å². The number of hydrogen-bond donors (Lipinski definition) is 3. The molecule has 0 bridgehead atoms. The smallest absolute Gasteiger partial charge is 0.237 e. The first-order valence-electron chi connectivity index (χ1n) is 9.59. The van der Waals surface area contributed by atoms with Crippen molar-refractivity contribution >= 4 is 30.7 Å². The summed E-state index contributed by atoms with van der Waals surface area (Å²) < 4.78 is 0. The molecular formula is C22H31Cl2N3O. The number of benzene rings is 2. The summed E-state index contributed by atoms with van der Waals surface area (Å²) in [7, 11) is 0. The van der Waals surface area contributed by atoms with Gasteiger partial charge in [0, 0.05) is 18.5 Å². The van der Waals surface area contributed by atoms with Crippen LogP contribution >= 0.6 is 24.8 Å². The summed E-state index contributed by atoms with van der Waals surface area (Å²) in [6.07, 6.45) is 3.98. The Morgan fingerprint density at radius 2 is 1.64 bits per heavy atom. The van der Waals surface area contributed by atoms with Gasteiger partial charge in [-0.3, -0.25) is 4.79 Å². The molecule has 1 aliphatic rings. The predicted octanol–water partition coefficient (Wildman–Crippen LogP) is 3.79. The minimum atomic E-state index is -0.420. The minimum Gasteiger partial charge on any atom is -0.351 e. The molecule has 1 fully saturated rings. The number of amides is 1. The second kappa shape index (κ2) is 12.8. The summed E-state index contributed by atoms with van der Waals surface area (Å²) in [6.45, 7) is 1.53. The van der Waals surface area contributed by atoms with Gasteiger partial charge in [-0.1, -0.05) is 67.1 Å². The van der Waals surface area contributed by atoms with Gasteiger partial charge < -0.3 is 16.4 Å². The lowest BCUT2D eigenvalue weighted by molar-refractivity contribution is -0.122. The van der Waals surface area contributed by atoms with Gasteiger partial charge in [-0.2, -0.15) is 0 Å². The monoisotopic (exact) mass is 423 g/mol. The Labute approximate surface area is 180 Å². The highest BCUT2D eigenvalue weighted by atomic mass is 35.5. The molecule has 0 spiro atoms. The van der Waals surface area contributed by atoms with Crippen LogP contribution in [0, 0.1) is 0 Å². The van der Waals surface area contributed by atoms with Gasteiger partial charge in [0.05, 0.1) is 6.04 Å². The maximum absolute atomic E-state index is 12.0. The molecule has 1 saturated carbocycles. The van der Waals surface area contributed by atoms with Crippen LogP contribution in [-0.4, -0.2) is 24.5 Å². The lowest BCUT2D eigenvalue weighted by Gasteiger charge is -2.12. The minimum absolute atomic E-state index is 0. The van der Waals surface area contributed by atoms with E-state index in [0.29, 0.717) is 18.5 Å². The van der Waals surface area contributed by atoms with E-state index in [0.717, 1.165) is 31.4 Å². The SMILES string of the molecule is Cl.Cl.NC(CCCCNC1CC1c1ccccc1)C(=O)NCc1ccccc1. The Morgan fingerprint density at radius 1 is 1.00 bits per heavy atom. The van der Waals surface area contributed by atoms with Crippen LogP contribution < -0.4 is 16.4 Å². The molecule has 3 atom stereocenters. The van der Waals surface area contributed by atoms with E-state index in [1.54, 1.807) is 0 Å². The van der Waals surface area contributed by atoms with E-state index in [1.807, 2.05) is 30.3 Å². The molecule has 0 aromatic heterocycles. The zero-order valence-corrected chi connectivity index (χ0v) is 17.7. The van der Waals surface area contributed by atoms with Crippen molar-refractivity contribution in [2.75, 3.05) is 6.54 Å². The summed E-state index contributed by atoms with van der Waals surface area (Å²) in [5.41, 5.74) is 8.53. The lowest BCUT2D eigenvalue weighted by atomic mass is 10.1. The van der Waals surface area contributed by atoms with E-state index in [2.05, 4.69) is 41.0 Å². The molecule has 0 heterocycles. The van der Waals surface area contributed by atoms with Crippen LogP contribution in [0.25, 0.3) is 0 Å². The Morgan fingerprint density at radius 3 is 2.32 bits per heavy atom. The number of rotatable bonds is 10. The lowest BCUT2D eigenvalue weighted by Crippen LogP contribution is -2.40. The largest absolute Gasteiger partial charge is 0.351 e. The summed E-state index contributed by atoms with van der Waals surface area (Å²) in [5, 5.41) is 6.53. The molecule has 3 unspecified atom stereocenters. The Balaban J connectivity index is 0.00000196. The quantitative estimate of drug-likeness (QED) is 0.509. The maximum atomic E-state index is 12.0. The van der Waals surface area contributed by atoms with Gasteiger partial charge in [0.15, 0.2) is 0 Å². The highest BCUT2D eigenvalue weighted by Crippen LogP contribution is 2.40. The molecule has 154 valence electrons. The van der Waals surface area contributed by atoms with Crippen molar-refractivity contribution in [3.63, 3.8) is 0 Å². The predicted molar refractivity (Wildman–Crippen MR) is 120 cm³/mol. The van der Waals surface area contributed by atoms with Crippen molar-refractivity contribution < 1.29 is 4.79 Å². The van der Waals surface area contributed by atoms with Crippen LogP contribution in [0.3, 0.4) is 0 Å². The Kier molecular flexibility index (Phi) is 11.2. The Hall–Kier alpha value is -1.59. The molecule has 4 nitrogen and oxygen atoms in total. The van der Waals surface area contributed by atoms with Crippen LogP contribution in [0.1, 0.15) is 42.7 Å². The molecular weight excluding hydrogens is 393 g/mol. The summed E-state index contributed by atoms with van der Waals surface area (Å²) in [6, 6.07) is 20.8. The molecule has 2 aromatic carbocycles. The van der Waals surface area contributed by atoms with E-state index in [9.17, 15) is 4.79 Å². The first-order chi connectivity index (χ1) is 12.7. The fourth-order valence-corrected chi connectivity index (χ4v) is 3.31. The third kappa shape index (κ3) is 7.80. The molecule has 0 radical (unpaired) electrons. The van der Waals surface area contributed by atoms with Gasteiger partial charge in [-0.05, 0) is 36.9 Å². The van der Waals surface area contributed by atoms with Crippen LogP contribution in [0.2, 0.25) is 0 Å². The second-order valence-corrected chi connectivity index (χ2v) is 7.12. The number of unbranched alkanes of at least 4 members (excludes halogenated alkanes) is 1. The highest BCUT2D eigenvalue weighted by Gasteiger charge is 2.37. The topological polar surface area (TPSA) is 67.1 Å². The molecule has 1 amide bonds. The standard InChI is InChI=1S/C22H29N3O.2ClH/c23-20(22(26)25-16-17-9-3-1-4-10-17)13-7-8-14-24-21-15-19(21)18-11-5-2-6-12-18;;/h1-6,9-12,19-21,24H,7-8,13-16,23H2,(H,25,26);2*1H. The first kappa shape index (κ1) is 24.4. The molecule has 1 aliphatic carbocycles. The fourth-order valence-electron chi connectivity index (χ4n) is 3.31. The number of halogens is 2. The fraction of sp³-hybridized carbons (Fsp3) is 0.409. The van der Waals surface area contributed by atoms with E-state index in [1.165, 1.54) is 12.0 Å². The van der Waals surface area contributed by atoms with E-state index < -0.39 is 6.04 Å². The molecule has 2 aromatic rings. The first-order valence-corrected chi connectivity index (χ1v) is 9.59. The molecule has 0 aliphatic heterocycles. The number of nitrogens with two attached hydrogens (primary N) is 1. The second-order valence-electron chi connectivity index (χ2n) is 7.12. The van der Waals surface area contributed by atoms with Crippen molar-refractivity contribution in [2.45, 2.75) is 50.2 Å². The number of carbonyl (C=O) groups excluding carboxylic acids is 1. The summed E-state index contributed by atoms with van der Waals surface area (Å²) >= 11 is 0. The Bertz CT molecular complexity index is 685. The van der Waals surface area contributed by atoms with Gasteiger partial charge >= 0.3 is 0 Å². The number of hydrogen-bond acceptors (Lipinski definition) is 3. The van der Waals surface area contributed by atoms with Crippen LogP contribution in [0.15, 0.2) is 60.7 Å². The molecule has 4 N–H and O–H groups in total. The summed E-state index contributed by atoms with van der Waals surface area (Å²) in [5.74, 6) is 0.607. The molecule has 6 heteroatoms. The van der Waals surface area contributed by atoms with Crippen molar-refractivity contribution in [3.8, 4) is 0 Å². The van der Waals surface area contributed by atoms with Gasteiger partial charge in [0.25, 0.3) is 0 Å². The number of carbonyl (C=O) groups is 1. The summed E-state index contributed by atoms with van der Waals surface area (Å²) in [4.78, 5) is 12.0. The van der Waals surface area contributed by atoms with Crippen molar-refractivity contribution in [1.29, 1.82) is 0 Å². The van der Waals surface area contributed by atoms with Gasteiger partial charge in [-0.25, -0.2) is 0 Å². The van der Waals surface area contributed by atoms with Crippen LogP contribution in [0.4, 0.5) is 0 Å². The van der Waals surface area contributed by atoms with Crippen molar-refractivity contribution in [3.05, 3.63) is 71.8 Å². The van der Waals surface area contributed by atoms with Crippen LogP contribution in [0.5, 0.6) is 0 Å². The number of nitrogens with one attached hydrogen (secondary N) is 2. The van der Waals surface area contributed by atoms with Crippen LogP contribution in [-0.2, 0) is 11.3 Å². The molecule has 28 heavy (non-hydrogen) atoms. The van der Waals surface area contributed by atoms with Gasteiger partial charge in [0.2, 0.25) is 5.91 Å². The third-order valence-electron chi connectivity index (χ3n) is 5.01. The third-order valence-corrected chi connectivity index (χ3v) is 5.01. The van der Waals surface area contributed by atoms with E-state index in [-0.39, 0.29) is 30.7 Å². The normalized spacial score (nSPS) is 18.3. The highest BCUT2D eigenvalue weighted by molar-refractivity contribution is 5.85.